The molecule has 0 aromatic carbocycles. The average molecular weight is 149 g/mol. The second kappa shape index (κ2) is 2.58. The summed E-state index contributed by atoms with van der Waals surface area (Å²) in [5.74, 6) is 0.668. The van der Waals surface area contributed by atoms with Crippen LogP contribution in [0.3, 0.4) is 0 Å². The van der Waals surface area contributed by atoms with E-state index in [1.54, 1.807) is 6.33 Å². The fraction of sp³-hybridized carbons (Fsp3) is 0.500. The quantitative estimate of drug-likeness (QED) is 0.582. The van der Waals surface area contributed by atoms with E-state index >= 15 is 0 Å². The van der Waals surface area contributed by atoms with Gasteiger partial charge in [0.05, 0.1) is 0 Å². The Morgan fingerprint density at radius 2 is 2.00 bits per heavy atom. The summed E-state index contributed by atoms with van der Waals surface area (Å²) in [4.78, 5) is 10.3. The molecule has 0 atom stereocenters. The monoisotopic (exact) mass is 149 g/mol. The number of nitrogens with zero attached hydrogens (tertiary/aromatic N) is 3. The lowest BCUT2D eigenvalue weighted by atomic mass is 9.95. The molecule has 2 rings (SSSR count). The summed E-state index contributed by atoms with van der Waals surface area (Å²) < 4.78 is 0. The Bertz CT molecular complexity index is 228. The second-order valence-corrected chi connectivity index (χ2v) is 3.09. The Kier molecular flexibility index (Phi) is 1.58. The van der Waals surface area contributed by atoms with Crippen LogP contribution < -0.4 is 0 Å². The van der Waals surface area contributed by atoms with Gasteiger partial charge in [-0.25, -0.2) is 9.97 Å². The first-order valence-electron chi connectivity index (χ1n) is 3.79. The first-order valence-corrected chi connectivity index (χ1v) is 3.79. The van der Waals surface area contributed by atoms with Crippen LogP contribution in [-0.2, 0) is 0 Å². The fourth-order valence-corrected chi connectivity index (χ4v) is 1.43. The lowest BCUT2D eigenvalue weighted by Crippen LogP contribution is -2.41. The maximum Gasteiger partial charge on any atom is 0.115 e. The lowest BCUT2D eigenvalue weighted by Gasteiger charge is -2.35. The van der Waals surface area contributed by atoms with Crippen molar-refractivity contribution in [2.45, 2.75) is 5.92 Å². The second-order valence-electron chi connectivity index (χ2n) is 3.09. The smallest absolute Gasteiger partial charge is 0.115 e. The molecule has 0 N–H and O–H groups in total. The van der Waals surface area contributed by atoms with Crippen molar-refractivity contribution in [2.75, 3.05) is 20.1 Å². The Hall–Kier alpha value is -0.960. The lowest BCUT2D eigenvalue weighted by molar-refractivity contribution is 0.189. The van der Waals surface area contributed by atoms with Crippen LogP contribution >= 0.6 is 0 Å². The largest absolute Gasteiger partial charge is 0.305 e. The van der Waals surface area contributed by atoms with Crippen molar-refractivity contribution in [1.82, 2.24) is 14.9 Å². The van der Waals surface area contributed by atoms with E-state index in [9.17, 15) is 0 Å². The Morgan fingerprint density at radius 1 is 1.36 bits per heavy atom. The van der Waals surface area contributed by atoms with E-state index in [0.717, 1.165) is 13.1 Å². The van der Waals surface area contributed by atoms with Crippen LogP contribution in [0.5, 0.6) is 0 Å². The van der Waals surface area contributed by atoms with Crippen LogP contribution in [-0.4, -0.2) is 35.0 Å². The molecular weight excluding hydrogens is 138 g/mol. The minimum atomic E-state index is 0.668. The van der Waals surface area contributed by atoms with Crippen molar-refractivity contribution in [2.24, 2.45) is 0 Å². The van der Waals surface area contributed by atoms with Gasteiger partial charge in [-0.05, 0) is 12.6 Å². The van der Waals surface area contributed by atoms with Gasteiger partial charge in [0, 0.05) is 31.4 Å². The standard InChI is InChI=1S/C8H11N3/c1-11-4-8(5-11)7-2-9-6-10-3-7/h2-3,6,8H,4-5H2,1H3. The van der Waals surface area contributed by atoms with Crippen molar-refractivity contribution in [3.63, 3.8) is 0 Å². The zero-order chi connectivity index (χ0) is 7.68. The highest BCUT2D eigenvalue weighted by atomic mass is 15.2. The molecule has 11 heavy (non-hydrogen) atoms. The molecule has 1 aliphatic heterocycles. The Morgan fingerprint density at radius 3 is 2.55 bits per heavy atom. The summed E-state index contributed by atoms with van der Waals surface area (Å²) in [6.45, 7) is 2.29. The van der Waals surface area contributed by atoms with Crippen LogP contribution in [0.4, 0.5) is 0 Å². The number of likely N-dealkylation sites (N-methyl/N-ethyl adjacent to an activating group) is 1. The van der Waals surface area contributed by atoms with Gasteiger partial charge < -0.3 is 4.90 Å². The van der Waals surface area contributed by atoms with Gasteiger partial charge >= 0.3 is 0 Å². The highest BCUT2D eigenvalue weighted by Gasteiger charge is 2.24. The number of hydrogen-bond acceptors (Lipinski definition) is 3. The zero-order valence-corrected chi connectivity index (χ0v) is 6.57. The first kappa shape index (κ1) is 6.73. The molecule has 1 fully saturated rings. The van der Waals surface area contributed by atoms with Crippen LogP contribution in [0.25, 0.3) is 0 Å². The average Bonchev–Trinajstić information content (AvgIpc) is 2.01. The van der Waals surface area contributed by atoms with E-state index in [1.807, 2.05) is 12.4 Å². The third kappa shape index (κ3) is 1.24. The molecule has 58 valence electrons. The molecule has 3 heteroatoms. The maximum atomic E-state index is 3.98. The third-order valence-electron chi connectivity index (χ3n) is 2.12. The Labute approximate surface area is 66.1 Å². The van der Waals surface area contributed by atoms with Gasteiger partial charge in [-0.3, -0.25) is 0 Å². The van der Waals surface area contributed by atoms with Gasteiger partial charge in [0.25, 0.3) is 0 Å². The summed E-state index contributed by atoms with van der Waals surface area (Å²) >= 11 is 0. The third-order valence-corrected chi connectivity index (χ3v) is 2.12. The van der Waals surface area contributed by atoms with Crippen LogP contribution in [0.1, 0.15) is 11.5 Å². The predicted molar refractivity (Wildman–Crippen MR) is 42.3 cm³/mol. The van der Waals surface area contributed by atoms with Crippen LogP contribution in [0.2, 0.25) is 0 Å². The SMILES string of the molecule is CN1CC(c2cncnc2)C1. The van der Waals surface area contributed by atoms with Crippen molar-refractivity contribution in [3.05, 3.63) is 24.3 Å². The Balaban J connectivity index is 2.08. The predicted octanol–water partition coefficient (Wildman–Crippen LogP) is 0.506. The van der Waals surface area contributed by atoms with E-state index in [4.69, 9.17) is 0 Å². The van der Waals surface area contributed by atoms with E-state index in [-0.39, 0.29) is 0 Å². The van der Waals surface area contributed by atoms with Crippen molar-refractivity contribution >= 4 is 0 Å². The topological polar surface area (TPSA) is 29.0 Å². The molecule has 0 spiro atoms. The molecule has 3 nitrogen and oxygen atoms in total. The number of aromatic nitrogens is 2. The molecule has 2 heterocycles. The van der Waals surface area contributed by atoms with Gasteiger partial charge in [-0.15, -0.1) is 0 Å². The number of rotatable bonds is 1. The van der Waals surface area contributed by atoms with E-state index in [2.05, 4.69) is 21.9 Å². The summed E-state index contributed by atoms with van der Waals surface area (Å²) in [6, 6.07) is 0. The van der Waals surface area contributed by atoms with Crippen molar-refractivity contribution in [1.29, 1.82) is 0 Å². The van der Waals surface area contributed by atoms with E-state index in [0.29, 0.717) is 5.92 Å². The normalized spacial score (nSPS) is 19.7. The molecule has 0 bridgehead atoms. The minimum absolute atomic E-state index is 0.668. The molecule has 0 saturated carbocycles. The molecule has 1 aromatic heterocycles. The van der Waals surface area contributed by atoms with E-state index < -0.39 is 0 Å². The highest BCUT2D eigenvalue weighted by molar-refractivity contribution is 5.14. The van der Waals surface area contributed by atoms with Gasteiger partial charge in [-0.2, -0.15) is 0 Å². The minimum Gasteiger partial charge on any atom is -0.305 e. The molecule has 0 aliphatic carbocycles. The molecule has 1 saturated heterocycles. The molecule has 1 aromatic rings. The molecular formula is C8H11N3. The van der Waals surface area contributed by atoms with Crippen LogP contribution in [0.15, 0.2) is 18.7 Å². The molecule has 1 aliphatic rings. The molecule has 0 radical (unpaired) electrons. The van der Waals surface area contributed by atoms with E-state index in [1.165, 1.54) is 5.56 Å². The summed E-state index contributed by atoms with van der Waals surface area (Å²) in [7, 11) is 2.13. The first-order chi connectivity index (χ1) is 5.36. The van der Waals surface area contributed by atoms with Crippen molar-refractivity contribution in [3.8, 4) is 0 Å². The fourth-order valence-electron chi connectivity index (χ4n) is 1.43. The summed E-state index contributed by atoms with van der Waals surface area (Å²) in [5.41, 5.74) is 1.27. The maximum absolute atomic E-state index is 3.98. The van der Waals surface area contributed by atoms with Gasteiger partial charge in [0.15, 0.2) is 0 Å². The van der Waals surface area contributed by atoms with Crippen molar-refractivity contribution < 1.29 is 0 Å². The zero-order valence-electron chi connectivity index (χ0n) is 6.57. The highest BCUT2D eigenvalue weighted by Crippen LogP contribution is 2.23. The van der Waals surface area contributed by atoms with Gasteiger partial charge in [-0.1, -0.05) is 0 Å². The summed E-state index contributed by atoms with van der Waals surface area (Å²) in [5, 5.41) is 0. The molecule has 0 unspecified atom stereocenters. The molecule has 0 amide bonds. The number of hydrogen-bond donors (Lipinski definition) is 0. The van der Waals surface area contributed by atoms with Gasteiger partial charge in [0.1, 0.15) is 6.33 Å². The number of likely N-dealkylation sites (tertiary alicyclic amines) is 1. The summed E-state index contributed by atoms with van der Waals surface area (Å²) in [6.07, 6.45) is 5.39. The van der Waals surface area contributed by atoms with Gasteiger partial charge in [0.2, 0.25) is 0 Å². The van der Waals surface area contributed by atoms with Crippen LogP contribution in [0, 0.1) is 0 Å².